The van der Waals surface area contributed by atoms with Crippen LogP contribution in [0.1, 0.15) is 36.5 Å². The van der Waals surface area contributed by atoms with Crippen LogP contribution in [0.2, 0.25) is 0 Å². The zero-order valence-corrected chi connectivity index (χ0v) is 9.79. The van der Waals surface area contributed by atoms with Gasteiger partial charge in [0.15, 0.2) is 5.78 Å². The Morgan fingerprint density at radius 3 is 2.18 bits per heavy atom. The highest BCUT2D eigenvalue weighted by atomic mass is 19.2. The zero-order valence-electron chi connectivity index (χ0n) is 9.79. The van der Waals surface area contributed by atoms with Gasteiger partial charge in [-0.15, -0.1) is 0 Å². The van der Waals surface area contributed by atoms with E-state index in [0.29, 0.717) is 12.0 Å². The first-order valence-electron chi connectivity index (χ1n) is 5.37. The van der Waals surface area contributed by atoms with Crippen LogP contribution in [0.15, 0.2) is 30.3 Å². The second-order valence-corrected chi connectivity index (χ2v) is 3.36. The van der Waals surface area contributed by atoms with Crippen LogP contribution in [0.25, 0.3) is 0 Å². The van der Waals surface area contributed by atoms with Gasteiger partial charge in [-0.3, -0.25) is 18.2 Å². The summed E-state index contributed by atoms with van der Waals surface area (Å²) < 4.78 is 19.2. The largest absolute Gasteiger partial charge is 0.521 e. The molecule has 0 saturated carbocycles. The molecule has 1 aromatic carbocycles. The topological polar surface area (TPSA) is 34.1 Å². The molecule has 0 atom stereocenters. The summed E-state index contributed by atoms with van der Waals surface area (Å²) in [6.45, 7) is 1.94. The van der Waals surface area contributed by atoms with Gasteiger partial charge in [-0.2, -0.15) is 0 Å². The summed E-state index contributed by atoms with van der Waals surface area (Å²) in [5, 5.41) is 0. The van der Waals surface area contributed by atoms with Gasteiger partial charge in [-0.05, 0) is 6.42 Å². The van der Waals surface area contributed by atoms with E-state index in [1.165, 1.54) is 0 Å². The number of benzene rings is 1. The van der Waals surface area contributed by atoms with Crippen LogP contribution in [0, 0.1) is 0 Å². The molecule has 0 amide bonds. The normalized spacial score (nSPS) is 8.88. The Hall–Kier alpha value is -1.52. The molecular formula is C12H15BF2O2. The van der Waals surface area contributed by atoms with E-state index in [1.807, 2.05) is 13.0 Å². The minimum Gasteiger partial charge on any atom is -0.299 e. The molecule has 0 saturated heterocycles. The van der Waals surface area contributed by atoms with E-state index in [9.17, 15) is 18.2 Å². The third-order valence-corrected chi connectivity index (χ3v) is 1.98. The van der Waals surface area contributed by atoms with Gasteiger partial charge in [-0.1, -0.05) is 37.3 Å². The Morgan fingerprint density at radius 1 is 1.18 bits per heavy atom. The summed E-state index contributed by atoms with van der Waals surface area (Å²) in [7, 11) is -1.75. The van der Waals surface area contributed by atoms with Crippen LogP contribution >= 0.6 is 0 Å². The molecule has 17 heavy (non-hydrogen) atoms. The fraction of sp³-hybridized carbons (Fsp3) is 0.333. The van der Waals surface area contributed by atoms with Gasteiger partial charge in [0, 0.05) is 12.0 Å². The zero-order chi connectivity index (χ0) is 13.1. The van der Waals surface area contributed by atoms with E-state index in [-0.39, 0.29) is 18.0 Å². The molecule has 2 nitrogen and oxygen atoms in total. The predicted molar refractivity (Wildman–Crippen MR) is 64.7 cm³/mol. The molecular weight excluding hydrogens is 225 g/mol. The maximum absolute atomic E-state index is 11.5. The van der Waals surface area contributed by atoms with Crippen molar-refractivity contribution in [3.05, 3.63) is 35.9 Å². The van der Waals surface area contributed by atoms with Gasteiger partial charge >= 0.3 is 7.83 Å². The second kappa shape index (κ2) is 9.69. The SMILES string of the molecule is CCCC(=O)CC(=O)c1ccccc1.FBF. The van der Waals surface area contributed by atoms with E-state index < -0.39 is 7.83 Å². The highest BCUT2D eigenvalue weighted by Crippen LogP contribution is 2.05. The maximum atomic E-state index is 11.5. The van der Waals surface area contributed by atoms with Gasteiger partial charge in [0.2, 0.25) is 0 Å². The van der Waals surface area contributed by atoms with Crippen LogP contribution in [-0.2, 0) is 4.79 Å². The maximum Gasteiger partial charge on any atom is 0.521 e. The van der Waals surface area contributed by atoms with Crippen LogP contribution in [-0.4, -0.2) is 19.4 Å². The summed E-state index contributed by atoms with van der Waals surface area (Å²) in [6, 6.07) is 8.93. The Bertz CT molecular complexity index is 342. The first-order chi connectivity index (χ1) is 8.15. The molecule has 0 spiro atoms. The Morgan fingerprint density at radius 2 is 1.71 bits per heavy atom. The minimum absolute atomic E-state index is 0.0290. The van der Waals surface area contributed by atoms with Crippen molar-refractivity contribution in [1.29, 1.82) is 0 Å². The van der Waals surface area contributed by atoms with Crippen molar-refractivity contribution in [2.75, 3.05) is 0 Å². The summed E-state index contributed by atoms with van der Waals surface area (Å²) in [6.07, 6.45) is 1.34. The monoisotopic (exact) mass is 240 g/mol. The first kappa shape index (κ1) is 15.5. The van der Waals surface area contributed by atoms with Crippen molar-refractivity contribution in [3.63, 3.8) is 0 Å². The van der Waals surface area contributed by atoms with Crippen molar-refractivity contribution in [2.45, 2.75) is 26.2 Å². The Kier molecular flexibility index (Phi) is 8.83. The standard InChI is InChI=1S/C12H14O2.BF2H/c1-2-6-11(13)9-12(14)10-7-4-3-5-8-10;2-1-3/h3-5,7-8H,2,6,9H2,1H3;1H. The highest BCUT2D eigenvalue weighted by molar-refractivity contribution is 6.15. The number of hydrogen-bond acceptors (Lipinski definition) is 2. The fourth-order valence-electron chi connectivity index (χ4n) is 1.27. The molecule has 92 valence electrons. The van der Waals surface area contributed by atoms with Crippen molar-refractivity contribution in [1.82, 2.24) is 0 Å². The van der Waals surface area contributed by atoms with Crippen molar-refractivity contribution < 1.29 is 18.2 Å². The highest BCUT2D eigenvalue weighted by Gasteiger charge is 2.09. The fourth-order valence-corrected chi connectivity index (χ4v) is 1.27. The molecule has 0 aliphatic carbocycles. The predicted octanol–water partition coefficient (Wildman–Crippen LogP) is 2.82. The summed E-state index contributed by atoms with van der Waals surface area (Å²) in [5.74, 6) is -0.0506. The number of hydrogen-bond donors (Lipinski definition) is 0. The Balaban J connectivity index is 0.000000770. The van der Waals surface area contributed by atoms with Crippen molar-refractivity contribution >= 4 is 19.4 Å². The molecule has 0 bridgehead atoms. The lowest BCUT2D eigenvalue weighted by molar-refractivity contribution is -0.118. The van der Waals surface area contributed by atoms with E-state index >= 15 is 0 Å². The Labute approximate surface area is 100 Å². The molecule has 1 aromatic rings. The van der Waals surface area contributed by atoms with Crippen LogP contribution in [0.5, 0.6) is 0 Å². The summed E-state index contributed by atoms with van der Waals surface area (Å²) >= 11 is 0. The molecule has 5 heteroatoms. The van der Waals surface area contributed by atoms with Crippen molar-refractivity contribution in [3.8, 4) is 0 Å². The van der Waals surface area contributed by atoms with Crippen LogP contribution in [0.3, 0.4) is 0 Å². The molecule has 0 aliphatic heterocycles. The molecule has 0 radical (unpaired) electrons. The number of halogens is 2. The lowest BCUT2D eigenvalue weighted by Gasteiger charge is -1.98. The second-order valence-electron chi connectivity index (χ2n) is 3.36. The van der Waals surface area contributed by atoms with Crippen LogP contribution in [0.4, 0.5) is 8.63 Å². The van der Waals surface area contributed by atoms with Gasteiger partial charge in [0.05, 0.1) is 6.42 Å². The molecule has 0 aromatic heterocycles. The van der Waals surface area contributed by atoms with E-state index in [1.54, 1.807) is 24.3 Å². The lowest BCUT2D eigenvalue weighted by Crippen LogP contribution is -2.07. The molecule has 0 unspecified atom stereocenters. The molecule has 0 aliphatic rings. The third kappa shape index (κ3) is 7.39. The molecule has 0 fully saturated rings. The number of carbonyl (C=O) groups excluding carboxylic acids is 2. The van der Waals surface area contributed by atoms with Gasteiger partial charge in [0.1, 0.15) is 5.78 Å². The quantitative estimate of drug-likeness (QED) is 0.450. The van der Waals surface area contributed by atoms with E-state index in [4.69, 9.17) is 0 Å². The lowest BCUT2D eigenvalue weighted by atomic mass is 10.0. The average Bonchev–Trinajstić information content (AvgIpc) is 2.31. The molecule has 1 rings (SSSR count). The number of Topliss-reactive ketones (excluding diaryl/α,β-unsaturated/α-hetero) is 2. The van der Waals surface area contributed by atoms with E-state index in [0.717, 1.165) is 6.42 Å². The first-order valence-corrected chi connectivity index (χ1v) is 5.37. The minimum atomic E-state index is -1.75. The summed E-state index contributed by atoms with van der Waals surface area (Å²) in [5.41, 5.74) is 0.622. The van der Waals surface area contributed by atoms with Gasteiger partial charge < -0.3 is 0 Å². The number of rotatable bonds is 5. The number of carbonyl (C=O) groups is 2. The van der Waals surface area contributed by atoms with Crippen LogP contribution < -0.4 is 0 Å². The molecule has 0 heterocycles. The number of ketones is 2. The third-order valence-electron chi connectivity index (χ3n) is 1.98. The van der Waals surface area contributed by atoms with Gasteiger partial charge in [0.25, 0.3) is 0 Å². The average molecular weight is 240 g/mol. The smallest absolute Gasteiger partial charge is 0.299 e. The summed E-state index contributed by atoms with van der Waals surface area (Å²) in [4.78, 5) is 22.7. The van der Waals surface area contributed by atoms with Gasteiger partial charge in [-0.25, -0.2) is 0 Å². The van der Waals surface area contributed by atoms with E-state index in [2.05, 4.69) is 0 Å². The molecule has 0 N–H and O–H groups in total. The van der Waals surface area contributed by atoms with Crippen molar-refractivity contribution in [2.24, 2.45) is 0 Å².